The molecule has 0 N–H and O–H groups in total. The zero-order chi connectivity index (χ0) is 9.59. The lowest BCUT2D eigenvalue weighted by Crippen LogP contribution is -2.16. The van der Waals surface area contributed by atoms with E-state index in [-0.39, 0.29) is 5.56 Å². The molecule has 0 atom stereocenters. The van der Waals surface area contributed by atoms with Crippen LogP contribution in [0.25, 0.3) is 5.52 Å². The first-order valence-corrected chi connectivity index (χ1v) is 4.93. The summed E-state index contributed by atoms with van der Waals surface area (Å²) in [7, 11) is 0. The van der Waals surface area contributed by atoms with Crippen molar-refractivity contribution in [1.29, 1.82) is 0 Å². The van der Waals surface area contributed by atoms with E-state index in [9.17, 15) is 4.79 Å². The molecule has 0 radical (unpaired) electrons. The van der Waals surface area contributed by atoms with Gasteiger partial charge in [0.1, 0.15) is 5.52 Å². The Balaban J connectivity index is 3.01. The molecule has 2 heterocycles. The zero-order valence-electron chi connectivity index (χ0n) is 7.41. The fraction of sp³-hybridized carbons (Fsp3) is 0.222. The highest BCUT2D eigenvalue weighted by Gasteiger charge is 2.04. The summed E-state index contributed by atoms with van der Waals surface area (Å²) in [5.41, 5.74) is 2.85. The van der Waals surface area contributed by atoms with E-state index >= 15 is 0 Å². The van der Waals surface area contributed by atoms with Crippen LogP contribution in [0.3, 0.4) is 0 Å². The van der Waals surface area contributed by atoms with Gasteiger partial charge in [0.15, 0.2) is 0 Å². The molecule has 0 spiro atoms. The van der Waals surface area contributed by atoms with Crippen LogP contribution in [0.15, 0.2) is 23.3 Å². The topological polar surface area (TPSA) is 26.4 Å². The van der Waals surface area contributed by atoms with Crippen molar-refractivity contribution in [2.45, 2.75) is 13.8 Å². The Morgan fingerprint density at radius 1 is 1.31 bits per heavy atom. The molecule has 0 amide bonds. The number of hydrogen-bond acceptors (Lipinski definition) is 1. The molecule has 2 aromatic rings. The highest BCUT2D eigenvalue weighted by atomic mass is 127. The van der Waals surface area contributed by atoms with Gasteiger partial charge in [0.25, 0.3) is 5.56 Å². The molecule has 0 saturated heterocycles. The van der Waals surface area contributed by atoms with E-state index in [1.807, 2.05) is 59.6 Å². The Kier molecular flexibility index (Phi) is 1.94. The standard InChI is InChI=1S/C9H9IN2O/c1-6-3-8-9(13)12(10)7(2)5-11(8)4-6/h3-5H,1-2H3. The van der Waals surface area contributed by atoms with Gasteiger partial charge in [0, 0.05) is 18.1 Å². The first-order valence-electron chi connectivity index (χ1n) is 3.97. The Labute approximate surface area is 89.5 Å². The first kappa shape index (κ1) is 8.80. The van der Waals surface area contributed by atoms with Crippen molar-refractivity contribution in [3.05, 3.63) is 40.1 Å². The molecule has 0 saturated carbocycles. The number of fused-ring (bicyclic) bond motifs is 1. The van der Waals surface area contributed by atoms with E-state index in [1.54, 1.807) is 2.78 Å². The third kappa shape index (κ3) is 1.29. The van der Waals surface area contributed by atoms with E-state index in [0.717, 1.165) is 16.8 Å². The summed E-state index contributed by atoms with van der Waals surface area (Å²) >= 11 is 2.02. The quantitative estimate of drug-likeness (QED) is 0.680. The molecular formula is C9H9IN2O. The van der Waals surface area contributed by atoms with Crippen molar-refractivity contribution >= 4 is 28.4 Å². The SMILES string of the molecule is Cc1cc2c(=O)n(I)c(C)cn2c1. The van der Waals surface area contributed by atoms with E-state index < -0.39 is 0 Å². The zero-order valence-corrected chi connectivity index (χ0v) is 9.57. The Hall–Kier alpha value is -0.780. The van der Waals surface area contributed by atoms with E-state index in [0.29, 0.717) is 0 Å². The molecule has 0 fully saturated rings. The number of aromatic nitrogens is 2. The van der Waals surface area contributed by atoms with Crippen molar-refractivity contribution in [1.82, 2.24) is 7.18 Å². The number of nitrogens with zero attached hydrogens (tertiary/aromatic N) is 2. The van der Waals surface area contributed by atoms with Gasteiger partial charge in [-0.05, 0) is 25.5 Å². The minimum absolute atomic E-state index is 0.0497. The van der Waals surface area contributed by atoms with Crippen molar-refractivity contribution < 1.29 is 0 Å². The van der Waals surface area contributed by atoms with Crippen LogP contribution >= 0.6 is 22.9 Å². The average molecular weight is 288 g/mol. The highest BCUT2D eigenvalue weighted by molar-refractivity contribution is 14.1. The maximum absolute atomic E-state index is 11.7. The molecule has 0 aromatic carbocycles. The van der Waals surface area contributed by atoms with Gasteiger partial charge in [-0.25, -0.2) is 0 Å². The van der Waals surface area contributed by atoms with Gasteiger partial charge in [-0.1, -0.05) is 0 Å². The fourth-order valence-corrected chi connectivity index (χ4v) is 1.78. The average Bonchev–Trinajstić information content (AvgIpc) is 2.42. The molecule has 13 heavy (non-hydrogen) atoms. The van der Waals surface area contributed by atoms with Crippen LogP contribution in [0.5, 0.6) is 0 Å². The summed E-state index contributed by atoms with van der Waals surface area (Å²) < 4.78 is 3.51. The molecule has 0 aliphatic rings. The molecule has 2 rings (SSSR count). The van der Waals surface area contributed by atoms with Crippen LogP contribution in [0.1, 0.15) is 11.3 Å². The molecule has 4 heteroatoms. The van der Waals surface area contributed by atoms with Crippen LogP contribution in [0, 0.1) is 13.8 Å². The summed E-state index contributed by atoms with van der Waals surface area (Å²) in [6.07, 6.45) is 3.91. The largest absolute Gasteiger partial charge is 0.317 e. The van der Waals surface area contributed by atoms with Gasteiger partial charge in [0.2, 0.25) is 0 Å². The number of aryl methyl sites for hydroxylation is 2. The lowest BCUT2D eigenvalue weighted by Gasteiger charge is -2.01. The normalized spacial score (nSPS) is 11.0. The third-order valence-corrected chi connectivity index (χ3v) is 3.22. The summed E-state index contributed by atoms with van der Waals surface area (Å²) in [5.74, 6) is 0. The minimum Gasteiger partial charge on any atom is -0.317 e. The van der Waals surface area contributed by atoms with Crippen LogP contribution in [-0.2, 0) is 0 Å². The highest BCUT2D eigenvalue weighted by Crippen LogP contribution is 2.07. The molecule has 0 unspecified atom stereocenters. The van der Waals surface area contributed by atoms with Crippen LogP contribution in [-0.4, -0.2) is 7.18 Å². The van der Waals surface area contributed by atoms with E-state index in [2.05, 4.69) is 0 Å². The maximum Gasteiger partial charge on any atom is 0.283 e. The molecule has 68 valence electrons. The Morgan fingerprint density at radius 2 is 2.00 bits per heavy atom. The molecule has 3 nitrogen and oxygen atoms in total. The molecular weight excluding hydrogens is 279 g/mol. The van der Waals surface area contributed by atoms with E-state index in [4.69, 9.17) is 0 Å². The van der Waals surface area contributed by atoms with Crippen LogP contribution < -0.4 is 5.56 Å². The van der Waals surface area contributed by atoms with Gasteiger partial charge in [-0.15, -0.1) is 0 Å². The van der Waals surface area contributed by atoms with Gasteiger partial charge < -0.3 is 4.40 Å². The maximum atomic E-state index is 11.7. The van der Waals surface area contributed by atoms with Crippen LogP contribution in [0.4, 0.5) is 0 Å². The van der Waals surface area contributed by atoms with Crippen molar-refractivity contribution in [2.24, 2.45) is 0 Å². The third-order valence-electron chi connectivity index (χ3n) is 2.02. The van der Waals surface area contributed by atoms with Gasteiger partial charge in [-0.2, -0.15) is 0 Å². The van der Waals surface area contributed by atoms with Crippen LogP contribution in [0.2, 0.25) is 0 Å². The second kappa shape index (κ2) is 2.87. The number of halogens is 1. The monoisotopic (exact) mass is 288 g/mol. The van der Waals surface area contributed by atoms with Crippen molar-refractivity contribution in [3.63, 3.8) is 0 Å². The Morgan fingerprint density at radius 3 is 2.69 bits per heavy atom. The predicted octanol–water partition coefficient (Wildman–Crippen LogP) is 1.92. The van der Waals surface area contributed by atoms with Gasteiger partial charge in [-0.3, -0.25) is 7.58 Å². The predicted molar refractivity (Wildman–Crippen MR) is 60.5 cm³/mol. The van der Waals surface area contributed by atoms with Crippen molar-refractivity contribution in [3.8, 4) is 0 Å². The van der Waals surface area contributed by atoms with Gasteiger partial charge >= 0.3 is 0 Å². The van der Waals surface area contributed by atoms with Gasteiger partial charge in [0.05, 0.1) is 22.9 Å². The first-order chi connectivity index (χ1) is 6.09. The van der Waals surface area contributed by atoms with Crippen molar-refractivity contribution in [2.75, 3.05) is 0 Å². The summed E-state index contributed by atoms with van der Waals surface area (Å²) in [4.78, 5) is 11.7. The lowest BCUT2D eigenvalue weighted by molar-refractivity contribution is 1.03. The molecule has 0 aliphatic heterocycles. The molecule has 0 aliphatic carbocycles. The Bertz CT molecular complexity index is 524. The summed E-state index contributed by atoms with van der Waals surface area (Å²) in [5, 5.41) is 0. The minimum atomic E-state index is 0.0497. The number of hydrogen-bond donors (Lipinski definition) is 0. The fourth-order valence-electron chi connectivity index (χ4n) is 1.41. The molecule has 0 bridgehead atoms. The van der Waals surface area contributed by atoms with E-state index in [1.165, 1.54) is 0 Å². The molecule has 2 aromatic heterocycles. The smallest absolute Gasteiger partial charge is 0.283 e. The lowest BCUT2D eigenvalue weighted by atomic mass is 10.4. The second-order valence-corrected chi connectivity index (χ2v) is 4.13. The second-order valence-electron chi connectivity index (χ2n) is 3.17. The summed E-state index contributed by atoms with van der Waals surface area (Å²) in [6.45, 7) is 3.90. The number of rotatable bonds is 0. The summed E-state index contributed by atoms with van der Waals surface area (Å²) in [6, 6.07) is 1.90.